The maximum absolute atomic E-state index is 12.3. The maximum Gasteiger partial charge on any atom is 0.387 e. The first-order chi connectivity index (χ1) is 9.04. The first-order valence-corrected chi connectivity index (χ1v) is 6.49. The van der Waals surface area contributed by atoms with E-state index in [0.29, 0.717) is 12.1 Å². The van der Waals surface area contributed by atoms with Crippen LogP contribution in [0.5, 0.6) is 5.75 Å². The zero-order valence-corrected chi connectivity index (χ0v) is 11.3. The molecule has 0 aromatic heterocycles. The van der Waals surface area contributed by atoms with Gasteiger partial charge in [0.25, 0.3) is 0 Å². The lowest BCUT2D eigenvalue weighted by atomic mass is 10.1. The number of aliphatic hydroxyl groups is 1. The minimum absolute atomic E-state index is 0.165. The number of ether oxygens (including phenoxy) is 1. The zero-order valence-electron chi connectivity index (χ0n) is 11.3. The number of hydrogen-bond acceptors (Lipinski definition) is 3. The second-order valence-corrected chi connectivity index (χ2v) is 4.49. The molecule has 0 aliphatic heterocycles. The molecule has 1 aromatic rings. The highest BCUT2D eigenvalue weighted by atomic mass is 19.3. The quantitative estimate of drug-likeness (QED) is 0.764. The third-order valence-electron chi connectivity index (χ3n) is 2.88. The second-order valence-electron chi connectivity index (χ2n) is 4.49. The fraction of sp³-hybridized carbons (Fsp3) is 0.571. The highest BCUT2D eigenvalue weighted by Gasteiger charge is 2.15. The number of benzene rings is 1. The Morgan fingerprint density at radius 3 is 2.63 bits per heavy atom. The number of hydrogen-bond donors (Lipinski definition) is 2. The van der Waals surface area contributed by atoms with Crippen molar-refractivity contribution < 1.29 is 18.6 Å². The third-order valence-corrected chi connectivity index (χ3v) is 2.88. The number of alkyl halides is 2. The van der Waals surface area contributed by atoms with Gasteiger partial charge in [-0.2, -0.15) is 8.78 Å². The molecule has 0 bridgehead atoms. The summed E-state index contributed by atoms with van der Waals surface area (Å²) in [6.07, 6.45) is 1.20. The normalized spacial score (nSPS) is 14.4. The Balaban J connectivity index is 2.63. The SMILES string of the molecule is CCCC(O)CNC(C)c1ccccc1OC(F)F. The molecule has 19 heavy (non-hydrogen) atoms. The number of nitrogens with one attached hydrogen (secondary N) is 1. The topological polar surface area (TPSA) is 41.5 Å². The Labute approximate surface area is 112 Å². The molecule has 0 fully saturated rings. The predicted molar refractivity (Wildman–Crippen MR) is 70.4 cm³/mol. The molecular weight excluding hydrogens is 252 g/mol. The van der Waals surface area contributed by atoms with E-state index in [9.17, 15) is 13.9 Å². The summed E-state index contributed by atoms with van der Waals surface area (Å²) in [6, 6.07) is 6.51. The predicted octanol–water partition coefficient (Wildman–Crippen LogP) is 3.10. The summed E-state index contributed by atoms with van der Waals surface area (Å²) in [7, 11) is 0. The van der Waals surface area contributed by atoms with Gasteiger partial charge in [0, 0.05) is 18.2 Å². The molecule has 0 radical (unpaired) electrons. The summed E-state index contributed by atoms with van der Waals surface area (Å²) < 4.78 is 29.1. The van der Waals surface area contributed by atoms with Gasteiger partial charge in [0.1, 0.15) is 5.75 Å². The average Bonchev–Trinajstić information content (AvgIpc) is 2.36. The van der Waals surface area contributed by atoms with E-state index in [0.717, 1.165) is 12.8 Å². The van der Waals surface area contributed by atoms with Gasteiger partial charge in [-0.05, 0) is 19.4 Å². The van der Waals surface area contributed by atoms with Crippen molar-refractivity contribution in [3.63, 3.8) is 0 Å². The Bertz CT molecular complexity index is 374. The molecular formula is C14H21F2NO2. The Morgan fingerprint density at radius 1 is 1.32 bits per heavy atom. The minimum atomic E-state index is -2.83. The van der Waals surface area contributed by atoms with Crippen molar-refractivity contribution in [2.24, 2.45) is 0 Å². The molecule has 0 aliphatic rings. The molecule has 0 saturated carbocycles. The van der Waals surface area contributed by atoms with Crippen LogP contribution in [0.1, 0.15) is 38.3 Å². The van der Waals surface area contributed by atoms with E-state index in [2.05, 4.69) is 10.1 Å². The van der Waals surface area contributed by atoms with Crippen LogP contribution in [0.25, 0.3) is 0 Å². The lowest BCUT2D eigenvalue weighted by Crippen LogP contribution is -2.29. The fourth-order valence-electron chi connectivity index (χ4n) is 1.90. The monoisotopic (exact) mass is 273 g/mol. The van der Waals surface area contributed by atoms with Gasteiger partial charge in [0.2, 0.25) is 0 Å². The van der Waals surface area contributed by atoms with Crippen LogP contribution in [-0.2, 0) is 0 Å². The number of rotatable bonds is 8. The molecule has 5 heteroatoms. The summed E-state index contributed by atoms with van der Waals surface area (Å²) in [5.41, 5.74) is 0.659. The van der Waals surface area contributed by atoms with E-state index in [1.54, 1.807) is 18.2 Å². The molecule has 0 spiro atoms. The van der Waals surface area contributed by atoms with Crippen LogP contribution in [0.3, 0.4) is 0 Å². The molecule has 1 rings (SSSR count). The van der Waals surface area contributed by atoms with Gasteiger partial charge in [-0.1, -0.05) is 31.5 Å². The molecule has 2 N–H and O–H groups in total. The van der Waals surface area contributed by atoms with E-state index in [1.807, 2.05) is 13.8 Å². The lowest BCUT2D eigenvalue weighted by molar-refractivity contribution is -0.0507. The molecule has 0 saturated heterocycles. The first kappa shape index (κ1) is 15.9. The molecule has 3 nitrogen and oxygen atoms in total. The third kappa shape index (κ3) is 5.53. The average molecular weight is 273 g/mol. The summed E-state index contributed by atoms with van der Waals surface area (Å²) in [6.45, 7) is 1.45. The van der Waals surface area contributed by atoms with Crippen molar-refractivity contribution in [3.05, 3.63) is 29.8 Å². The molecule has 108 valence electrons. The van der Waals surface area contributed by atoms with E-state index < -0.39 is 12.7 Å². The summed E-state index contributed by atoms with van der Waals surface area (Å²) in [5.74, 6) is 0.169. The Kier molecular flexibility index (Phi) is 6.73. The van der Waals surface area contributed by atoms with Gasteiger partial charge < -0.3 is 15.2 Å². The smallest absolute Gasteiger partial charge is 0.387 e. The van der Waals surface area contributed by atoms with E-state index in [1.165, 1.54) is 6.07 Å². The van der Waals surface area contributed by atoms with Gasteiger partial charge in [-0.15, -0.1) is 0 Å². The van der Waals surface area contributed by atoms with Crippen molar-refractivity contribution in [1.82, 2.24) is 5.32 Å². The van der Waals surface area contributed by atoms with Gasteiger partial charge in [-0.25, -0.2) is 0 Å². The van der Waals surface area contributed by atoms with E-state index in [-0.39, 0.29) is 11.8 Å². The lowest BCUT2D eigenvalue weighted by Gasteiger charge is -2.19. The van der Waals surface area contributed by atoms with Crippen LogP contribution in [0.2, 0.25) is 0 Å². The van der Waals surface area contributed by atoms with Crippen LogP contribution in [0.15, 0.2) is 24.3 Å². The molecule has 2 unspecified atom stereocenters. The van der Waals surface area contributed by atoms with E-state index in [4.69, 9.17) is 0 Å². The van der Waals surface area contributed by atoms with Gasteiger partial charge >= 0.3 is 6.61 Å². The second kappa shape index (κ2) is 8.07. The highest BCUT2D eigenvalue weighted by molar-refractivity contribution is 5.35. The number of halogens is 2. The van der Waals surface area contributed by atoms with Gasteiger partial charge in [0.15, 0.2) is 0 Å². The molecule has 0 aliphatic carbocycles. The number of para-hydroxylation sites is 1. The molecule has 1 aromatic carbocycles. The van der Waals surface area contributed by atoms with Crippen molar-refractivity contribution in [2.45, 2.75) is 45.4 Å². The minimum Gasteiger partial charge on any atom is -0.434 e. The summed E-state index contributed by atoms with van der Waals surface area (Å²) in [4.78, 5) is 0. The van der Waals surface area contributed by atoms with Crippen LogP contribution < -0.4 is 10.1 Å². The van der Waals surface area contributed by atoms with Crippen LogP contribution in [-0.4, -0.2) is 24.4 Å². The van der Waals surface area contributed by atoms with E-state index >= 15 is 0 Å². The molecule has 0 amide bonds. The highest BCUT2D eigenvalue weighted by Crippen LogP contribution is 2.26. The zero-order chi connectivity index (χ0) is 14.3. The first-order valence-electron chi connectivity index (χ1n) is 6.49. The molecule has 0 heterocycles. The summed E-state index contributed by atoms with van der Waals surface area (Å²) >= 11 is 0. The molecule has 2 atom stereocenters. The maximum atomic E-state index is 12.3. The van der Waals surface area contributed by atoms with Gasteiger partial charge in [-0.3, -0.25) is 0 Å². The fourth-order valence-corrected chi connectivity index (χ4v) is 1.90. The standard InChI is InChI=1S/C14H21F2NO2/c1-3-6-11(18)9-17-10(2)12-7-4-5-8-13(12)19-14(15)16/h4-5,7-8,10-11,14,17-18H,3,6,9H2,1-2H3. The Hall–Kier alpha value is -1.20. The van der Waals surface area contributed by atoms with Crippen molar-refractivity contribution in [1.29, 1.82) is 0 Å². The van der Waals surface area contributed by atoms with Gasteiger partial charge in [0.05, 0.1) is 6.10 Å². The summed E-state index contributed by atoms with van der Waals surface area (Å²) in [5, 5.41) is 12.8. The van der Waals surface area contributed by atoms with Crippen molar-refractivity contribution in [3.8, 4) is 5.75 Å². The number of aliphatic hydroxyl groups excluding tert-OH is 1. The van der Waals surface area contributed by atoms with Crippen LogP contribution in [0.4, 0.5) is 8.78 Å². The van der Waals surface area contributed by atoms with Crippen LogP contribution in [0, 0.1) is 0 Å². The Morgan fingerprint density at radius 2 is 2.00 bits per heavy atom. The van der Waals surface area contributed by atoms with Crippen LogP contribution >= 0.6 is 0 Å². The largest absolute Gasteiger partial charge is 0.434 e. The van der Waals surface area contributed by atoms with Crippen molar-refractivity contribution >= 4 is 0 Å². The van der Waals surface area contributed by atoms with Crippen molar-refractivity contribution in [2.75, 3.05) is 6.54 Å².